The molecule has 4 nitrogen and oxygen atoms in total. The molecule has 0 aromatic heterocycles. The van der Waals surface area contributed by atoms with E-state index in [1.165, 1.54) is 24.1 Å². The Kier molecular flexibility index (Phi) is 6.53. The second-order valence-electron chi connectivity index (χ2n) is 7.26. The molecular formula is C25H31N3O. The third kappa shape index (κ3) is 4.26. The van der Waals surface area contributed by atoms with E-state index in [1.54, 1.807) is 4.90 Å². The van der Waals surface area contributed by atoms with Gasteiger partial charge in [0, 0.05) is 30.5 Å². The molecule has 0 bridgehead atoms. The Bertz CT molecular complexity index is 916. The summed E-state index contributed by atoms with van der Waals surface area (Å²) in [6.45, 7) is 10.8. The average molecular weight is 390 g/mol. The van der Waals surface area contributed by atoms with Crippen LogP contribution < -0.4 is 0 Å². The third-order valence-electron chi connectivity index (χ3n) is 5.41. The molecule has 2 heterocycles. The summed E-state index contributed by atoms with van der Waals surface area (Å²) in [6.07, 6.45) is 11.1. The van der Waals surface area contributed by atoms with E-state index in [0.29, 0.717) is 18.2 Å². The smallest absolute Gasteiger partial charge is 0.277 e. The molecule has 29 heavy (non-hydrogen) atoms. The van der Waals surface area contributed by atoms with Crippen LogP contribution in [0, 0.1) is 5.92 Å². The first-order valence-corrected chi connectivity index (χ1v) is 10.6. The van der Waals surface area contributed by atoms with Crippen molar-refractivity contribution in [1.82, 2.24) is 9.80 Å². The van der Waals surface area contributed by atoms with Gasteiger partial charge in [-0.1, -0.05) is 56.8 Å². The molecule has 3 aliphatic rings. The minimum Gasteiger partial charge on any atom is -0.333 e. The molecule has 0 saturated heterocycles. The quantitative estimate of drug-likeness (QED) is 0.715. The van der Waals surface area contributed by atoms with Crippen molar-refractivity contribution in [2.24, 2.45) is 10.9 Å². The van der Waals surface area contributed by atoms with E-state index in [2.05, 4.69) is 22.5 Å². The fourth-order valence-corrected chi connectivity index (χ4v) is 3.71. The number of hydrogen-bond acceptors (Lipinski definition) is 3. The monoisotopic (exact) mass is 389 g/mol. The Morgan fingerprint density at radius 2 is 1.97 bits per heavy atom. The van der Waals surface area contributed by atoms with Crippen LogP contribution >= 0.6 is 0 Å². The number of nitrogens with zero attached hydrogens (tertiary/aromatic N) is 3. The fraction of sp³-hybridized carbons (Fsp3) is 0.360. The molecule has 152 valence electrons. The number of fused-ring (bicyclic) bond motifs is 1. The first-order valence-electron chi connectivity index (χ1n) is 10.6. The molecule has 0 atom stereocenters. The lowest BCUT2D eigenvalue weighted by atomic mass is 9.96. The van der Waals surface area contributed by atoms with Crippen molar-refractivity contribution in [3.05, 3.63) is 77.8 Å². The summed E-state index contributed by atoms with van der Waals surface area (Å²) in [5.74, 6) is 1.28. The number of carbonyl (C=O) groups is 1. The lowest BCUT2D eigenvalue weighted by Gasteiger charge is -2.33. The Hall–Kier alpha value is -2.88. The molecule has 4 heteroatoms. The fourth-order valence-electron chi connectivity index (χ4n) is 3.71. The van der Waals surface area contributed by atoms with Gasteiger partial charge in [-0.3, -0.25) is 4.79 Å². The zero-order valence-electron chi connectivity index (χ0n) is 18.0. The van der Waals surface area contributed by atoms with E-state index in [-0.39, 0.29) is 5.91 Å². The van der Waals surface area contributed by atoms with E-state index in [0.717, 1.165) is 23.5 Å². The maximum absolute atomic E-state index is 13.3. The van der Waals surface area contributed by atoms with Gasteiger partial charge in [-0.15, -0.1) is 0 Å². The van der Waals surface area contributed by atoms with Gasteiger partial charge in [-0.05, 0) is 49.8 Å². The number of rotatable bonds is 3. The van der Waals surface area contributed by atoms with Crippen molar-refractivity contribution < 1.29 is 4.79 Å². The van der Waals surface area contributed by atoms with E-state index in [1.807, 2.05) is 70.3 Å². The van der Waals surface area contributed by atoms with Gasteiger partial charge in [-0.25, -0.2) is 4.99 Å². The van der Waals surface area contributed by atoms with E-state index >= 15 is 0 Å². The van der Waals surface area contributed by atoms with E-state index in [9.17, 15) is 4.79 Å². The Morgan fingerprint density at radius 1 is 1.24 bits per heavy atom. The molecule has 1 fully saturated rings. The van der Waals surface area contributed by atoms with Crippen molar-refractivity contribution in [1.29, 1.82) is 0 Å². The zero-order valence-corrected chi connectivity index (χ0v) is 18.0. The van der Waals surface area contributed by atoms with Gasteiger partial charge in [0.15, 0.2) is 0 Å². The SMILES string of the molecule is C=C1c2ccccc2CCN1C(=O)C1=N/C(=C/C=C\C)N(C)C(C2CC2)=C1.CC. The predicted molar refractivity (Wildman–Crippen MR) is 121 cm³/mol. The highest BCUT2D eigenvalue weighted by molar-refractivity contribution is 6.44. The zero-order chi connectivity index (χ0) is 21.0. The highest BCUT2D eigenvalue weighted by atomic mass is 16.2. The van der Waals surface area contributed by atoms with Crippen LogP contribution in [0.4, 0.5) is 0 Å². The number of benzene rings is 1. The Labute approximate surface area is 174 Å². The summed E-state index contributed by atoms with van der Waals surface area (Å²) in [5, 5.41) is 0. The second kappa shape index (κ2) is 9.08. The summed E-state index contributed by atoms with van der Waals surface area (Å²) in [7, 11) is 2.03. The first-order chi connectivity index (χ1) is 14.1. The number of amides is 1. The van der Waals surface area contributed by atoms with Crippen LogP contribution in [-0.2, 0) is 11.2 Å². The summed E-state index contributed by atoms with van der Waals surface area (Å²) in [4.78, 5) is 21.9. The van der Waals surface area contributed by atoms with Crippen molar-refractivity contribution in [3.63, 3.8) is 0 Å². The van der Waals surface area contributed by atoms with Gasteiger partial charge >= 0.3 is 0 Å². The maximum Gasteiger partial charge on any atom is 0.277 e. The lowest BCUT2D eigenvalue weighted by Crippen LogP contribution is -2.40. The standard InChI is InChI=1S/C23H25N3O.C2H6/c1-4-5-10-22-24-20(15-21(25(22)3)18-11-12-18)23(27)26-14-13-17-8-6-7-9-19(17)16(26)2;1-2/h4-10,15,18H,2,11-14H2,1,3H3;1-2H3/b5-4-,22-10-;. The van der Waals surface area contributed by atoms with Gasteiger partial charge in [0.2, 0.25) is 0 Å². The van der Waals surface area contributed by atoms with Gasteiger partial charge < -0.3 is 9.80 Å². The van der Waals surface area contributed by atoms with Crippen LogP contribution in [0.5, 0.6) is 0 Å². The van der Waals surface area contributed by atoms with Crippen molar-refractivity contribution >= 4 is 17.3 Å². The molecule has 1 saturated carbocycles. The first kappa shape index (κ1) is 20.8. The van der Waals surface area contributed by atoms with Crippen LogP contribution in [0.3, 0.4) is 0 Å². The molecular weight excluding hydrogens is 358 g/mol. The largest absolute Gasteiger partial charge is 0.333 e. The summed E-state index contributed by atoms with van der Waals surface area (Å²) in [5.41, 5.74) is 4.77. The molecule has 4 rings (SSSR count). The molecule has 0 unspecified atom stereocenters. The van der Waals surface area contributed by atoms with Gasteiger partial charge in [0.25, 0.3) is 5.91 Å². The minimum absolute atomic E-state index is 0.0628. The van der Waals surface area contributed by atoms with Crippen molar-refractivity contribution in [2.75, 3.05) is 13.6 Å². The van der Waals surface area contributed by atoms with Gasteiger partial charge in [0.05, 0.1) is 0 Å². The maximum atomic E-state index is 13.3. The van der Waals surface area contributed by atoms with Crippen molar-refractivity contribution in [3.8, 4) is 0 Å². The predicted octanol–water partition coefficient (Wildman–Crippen LogP) is 5.17. The average Bonchev–Trinajstić information content (AvgIpc) is 3.60. The number of hydrogen-bond donors (Lipinski definition) is 0. The topological polar surface area (TPSA) is 35.9 Å². The number of allylic oxidation sites excluding steroid dienone is 4. The summed E-state index contributed by atoms with van der Waals surface area (Å²) in [6, 6.07) is 8.18. The third-order valence-corrected chi connectivity index (χ3v) is 5.41. The van der Waals surface area contributed by atoms with Crippen LogP contribution in [-0.4, -0.2) is 35.0 Å². The molecule has 0 radical (unpaired) electrons. The van der Waals surface area contributed by atoms with E-state index < -0.39 is 0 Å². The van der Waals surface area contributed by atoms with Crippen LogP contribution in [0.1, 0.15) is 44.7 Å². The summed E-state index contributed by atoms with van der Waals surface area (Å²) < 4.78 is 0. The van der Waals surface area contributed by atoms with E-state index in [4.69, 9.17) is 0 Å². The van der Waals surface area contributed by atoms with Gasteiger partial charge in [0.1, 0.15) is 11.5 Å². The molecule has 1 aliphatic carbocycles. The highest BCUT2D eigenvalue weighted by Gasteiger charge is 2.34. The second-order valence-corrected chi connectivity index (χ2v) is 7.26. The van der Waals surface area contributed by atoms with Gasteiger partial charge in [-0.2, -0.15) is 0 Å². The normalized spacial score (nSPS) is 20.1. The van der Waals surface area contributed by atoms with Crippen molar-refractivity contribution in [2.45, 2.75) is 40.0 Å². The Balaban J connectivity index is 0.00000117. The molecule has 1 aromatic carbocycles. The molecule has 0 N–H and O–H groups in total. The minimum atomic E-state index is -0.0628. The molecule has 2 aliphatic heterocycles. The Morgan fingerprint density at radius 3 is 2.66 bits per heavy atom. The number of carbonyl (C=O) groups excluding carboxylic acids is 1. The molecule has 0 spiro atoms. The van der Waals surface area contributed by atoms with Crippen LogP contribution in [0.15, 0.2) is 71.7 Å². The highest BCUT2D eigenvalue weighted by Crippen LogP contribution is 2.40. The molecule has 1 amide bonds. The van der Waals surface area contributed by atoms with Crippen LogP contribution in [0.2, 0.25) is 0 Å². The lowest BCUT2D eigenvalue weighted by molar-refractivity contribution is -0.121. The summed E-state index contributed by atoms with van der Waals surface area (Å²) >= 11 is 0. The molecule has 1 aromatic rings. The van der Waals surface area contributed by atoms with Crippen LogP contribution in [0.25, 0.3) is 5.70 Å². The number of aliphatic imine (C=N–C) groups is 1.